The normalized spacial score (nSPS) is 12.5. The second-order valence-corrected chi connectivity index (χ2v) is 7.59. The van der Waals surface area contributed by atoms with Gasteiger partial charge in [-0.1, -0.05) is 6.07 Å². The summed E-state index contributed by atoms with van der Waals surface area (Å²) in [5, 5.41) is 15.4. The predicted molar refractivity (Wildman–Crippen MR) is 108 cm³/mol. The van der Waals surface area contributed by atoms with Gasteiger partial charge in [-0.2, -0.15) is 26.3 Å². The maximum Gasteiger partial charge on any atom is 0.433 e. The Balaban J connectivity index is 2.02. The average Bonchev–Trinajstić information content (AvgIpc) is 2.71. The van der Waals surface area contributed by atoms with Crippen LogP contribution in [0, 0.1) is 0 Å². The molecule has 3 N–H and O–H groups in total. The van der Waals surface area contributed by atoms with Crippen LogP contribution < -0.4 is 10.6 Å². The molecule has 0 fully saturated rings. The van der Waals surface area contributed by atoms with Crippen molar-refractivity contribution in [3.05, 3.63) is 54.0 Å². The molecule has 33 heavy (non-hydrogen) atoms. The van der Waals surface area contributed by atoms with E-state index < -0.39 is 29.3 Å². The van der Waals surface area contributed by atoms with Crippen molar-refractivity contribution in [1.82, 2.24) is 19.9 Å². The first kappa shape index (κ1) is 24.2. The minimum Gasteiger partial charge on any atom is -0.389 e. The van der Waals surface area contributed by atoms with Gasteiger partial charge in [-0.15, -0.1) is 0 Å². The number of rotatable bonds is 6. The second-order valence-electron chi connectivity index (χ2n) is 7.59. The summed E-state index contributed by atoms with van der Waals surface area (Å²) in [5.41, 5.74) is -3.66. The SMILES string of the molecule is CC(C)(O)CNc1cc(Nc2ccnc(C(F)(F)F)c2)nc(-c2cccc(C(F)(F)F)n2)n1. The van der Waals surface area contributed by atoms with Crippen LogP contribution in [0.25, 0.3) is 11.5 Å². The van der Waals surface area contributed by atoms with E-state index in [0.29, 0.717) is 0 Å². The van der Waals surface area contributed by atoms with Crippen molar-refractivity contribution in [3.63, 3.8) is 0 Å². The first-order chi connectivity index (χ1) is 15.2. The van der Waals surface area contributed by atoms with Crippen molar-refractivity contribution in [1.29, 1.82) is 0 Å². The Labute approximate surface area is 184 Å². The van der Waals surface area contributed by atoms with Gasteiger partial charge in [0.1, 0.15) is 28.7 Å². The van der Waals surface area contributed by atoms with E-state index in [-0.39, 0.29) is 35.4 Å². The lowest BCUT2D eigenvalue weighted by molar-refractivity contribution is -0.141. The van der Waals surface area contributed by atoms with Gasteiger partial charge in [0.2, 0.25) is 0 Å². The highest BCUT2D eigenvalue weighted by atomic mass is 19.4. The van der Waals surface area contributed by atoms with Crippen molar-refractivity contribution >= 4 is 17.3 Å². The zero-order chi connectivity index (χ0) is 24.4. The van der Waals surface area contributed by atoms with Gasteiger partial charge < -0.3 is 15.7 Å². The van der Waals surface area contributed by atoms with Gasteiger partial charge in [0.25, 0.3) is 0 Å². The van der Waals surface area contributed by atoms with Crippen LogP contribution in [0.4, 0.5) is 43.7 Å². The van der Waals surface area contributed by atoms with E-state index in [4.69, 9.17) is 0 Å². The molecular weight excluding hydrogens is 454 g/mol. The predicted octanol–water partition coefficient (Wildman–Crippen LogP) is 4.90. The minimum atomic E-state index is -4.70. The fourth-order valence-electron chi connectivity index (χ4n) is 2.55. The van der Waals surface area contributed by atoms with E-state index in [0.717, 1.165) is 24.4 Å². The molecule has 0 radical (unpaired) electrons. The van der Waals surface area contributed by atoms with Gasteiger partial charge in [0.15, 0.2) is 5.82 Å². The van der Waals surface area contributed by atoms with Crippen LogP contribution in [-0.2, 0) is 12.4 Å². The number of anilines is 3. The second kappa shape index (κ2) is 8.81. The topological polar surface area (TPSA) is 95.8 Å². The van der Waals surface area contributed by atoms with Crippen molar-refractivity contribution in [2.45, 2.75) is 31.8 Å². The minimum absolute atomic E-state index is 0.00702. The van der Waals surface area contributed by atoms with E-state index >= 15 is 0 Å². The summed E-state index contributed by atoms with van der Waals surface area (Å²) < 4.78 is 78.0. The first-order valence-electron chi connectivity index (χ1n) is 9.41. The molecule has 0 bridgehead atoms. The molecular formula is C20H18F6N6O. The molecule has 176 valence electrons. The summed E-state index contributed by atoms with van der Waals surface area (Å²) in [4.78, 5) is 15.0. The Hall–Kier alpha value is -3.48. The highest BCUT2D eigenvalue weighted by Gasteiger charge is 2.33. The van der Waals surface area contributed by atoms with Crippen LogP contribution in [0.15, 0.2) is 42.6 Å². The van der Waals surface area contributed by atoms with E-state index in [9.17, 15) is 31.4 Å². The number of hydrogen-bond acceptors (Lipinski definition) is 7. The van der Waals surface area contributed by atoms with Gasteiger partial charge in [-0.05, 0) is 38.1 Å². The summed E-state index contributed by atoms with van der Waals surface area (Å²) in [6, 6.07) is 6.54. The first-order valence-corrected chi connectivity index (χ1v) is 9.41. The Morgan fingerprint density at radius 1 is 0.848 bits per heavy atom. The number of nitrogens with one attached hydrogen (secondary N) is 2. The van der Waals surface area contributed by atoms with Crippen LogP contribution in [0.2, 0.25) is 0 Å². The molecule has 3 rings (SSSR count). The van der Waals surface area contributed by atoms with E-state index in [1.54, 1.807) is 0 Å². The summed E-state index contributed by atoms with van der Waals surface area (Å²) in [5.74, 6) is -0.125. The lowest BCUT2D eigenvalue weighted by Gasteiger charge is -2.19. The largest absolute Gasteiger partial charge is 0.433 e. The van der Waals surface area contributed by atoms with E-state index in [2.05, 4.69) is 30.6 Å². The molecule has 3 aromatic heterocycles. The number of pyridine rings is 2. The molecule has 0 saturated carbocycles. The standard InChI is InChI=1S/C20H18F6N6O/c1-18(2,33)10-28-15-9-16(29-11-6-7-27-14(8-11)20(24,25)26)32-17(31-15)12-4-3-5-13(30-12)19(21,22)23/h3-9,33H,10H2,1-2H3,(H2,27,28,29,31,32). The molecule has 0 aliphatic rings. The highest BCUT2D eigenvalue weighted by Crippen LogP contribution is 2.31. The number of nitrogens with zero attached hydrogens (tertiary/aromatic N) is 4. The van der Waals surface area contributed by atoms with Crippen LogP contribution >= 0.6 is 0 Å². The lowest BCUT2D eigenvalue weighted by Crippen LogP contribution is -2.29. The van der Waals surface area contributed by atoms with Gasteiger partial charge in [-0.3, -0.25) is 4.98 Å². The molecule has 0 amide bonds. The fraction of sp³-hybridized carbons (Fsp3) is 0.300. The maximum atomic E-state index is 13.1. The number of alkyl halides is 6. The third kappa shape index (κ3) is 6.75. The average molecular weight is 472 g/mol. The molecule has 0 atom stereocenters. The fourth-order valence-corrected chi connectivity index (χ4v) is 2.55. The van der Waals surface area contributed by atoms with Crippen molar-refractivity contribution < 1.29 is 31.4 Å². The third-order valence-electron chi connectivity index (χ3n) is 4.02. The van der Waals surface area contributed by atoms with Gasteiger partial charge >= 0.3 is 12.4 Å². The highest BCUT2D eigenvalue weighted by molar-refractivity contribution is 5.63. The third-order valence-corrected chi connectivity index (χ3v) is 4.02. The summed E-state index contributed by atoms with van der Waals surface area (Å²) in [6.07, 6.45) is -8.41. The Morgan fingerprint density at radius 2 is 1.52 bits per heavy atom. The number of hydrogen-bond donors (Lipinski definition) is 3. The molecule has 0 saturated heterocycles. The number of aromatic nitrogens is 4. The number of halogens is 6. The van der Waals surface area contributed by atoms with Crippen molar-refractivity contribution in [2.75, 3.05) is 17.2 Å². The lowest BCUT2D eigenvalue weighted by atomic mass is 10.1. The number of aliphatic hydroxyl groups is 1. The Kier molecular flexibility index (Phi) is 6.45. The molecule has 3 heterocycles. The Bertz CT molecular complexity index is 1130. The van der Waals surface area contributed by atoms with Gasteiger partial charge in [-0.25, -0.2) is 15.0 Å². The van der Waals surface area contributed by atoms with E-state index in [1.807, 2.05) is 0 Å². The molecule has 0 aromatic carbocycles. The van der Waals surface area contributed by atoms with Crippen LogP contribution in [-0.4, -0.2) is 37.2 Å². The van der Waals surface area contributed by atoms with Crippen molar-refractivity contribution in [3.8, 4) is 11.5 Å². The van der Waals surface area contributed by atoms with Crippen LogP contribution in [0.5, 0.6) is 0 Å². The molecule has 7 nitrogen and oxygen atoms in total. The smallest absolute Gasteiger partial charge is 0.389 e. The molecule has 0 unspecified atom stereocenters. The monoisotopic (exact) mass is 472 g/mol. The maximum absolute atomic E-state index is 13.1. The quantitative estimate of drug-likeness (QED) is 0.440. The van der Waals surface area contributed by atoms with Gasteiger partial charge in [0.05, 0.1) is 5.60 Å². The van der Waals surface area contributed by atoms with Crippen LogP contribution in [0.1, 0.15) is 25.2 Å². The molecule has 3 aromatic rings. The molecule has 0 aliphatic carbocycles. The summed E-state index contributed by atoms with van der Waals surface area (Å²) >= 11 is 0. The van der Waals surface area contributed by atoms with Gasteiger partial charge in [0, 0.05) is 24.5 Å². The molecule has 13 heteroatoms. The molecule has 0 spiro atoms. The van der Waals surface area contributed by atoms with Crippen molar-refractivity contribution in [2.24, 2.45) is 0 Å². The summed E-state index contributed by atoms with van der Waals surface area (Å²) in [7, 11) is 0. The molecule has 0 aliphatic heterocycles. The Morgan fingerprint density at radius 3 is 2.15 bits per heavy atom. The van der Waals surface area contributed by atoms with E-state index in [1.165, 1.54) is 32.0 Å². The zero-order valence-corrected chi connectivity index (χ0v) is 17.3. The zero-order valence-electron chi connectivity index (χ0n) is 17.3. The summed E-state index contributed by atoms with van der Waals surface area (Å²) in [6.45, 7) is 3.06. The van der Waals surface area contributed by atoms with Crippen LogP contribution in [0.3, 0.4) is 0 Å².